The highest BCUT2D eigenvalue weighted by Crippen LogP contribution is 2.36. The van der Waals surface area contributed by atoms with Gasteiger partial charge in [-0.05, 0) is 47.5 Å². The molecule has 0 aliphatic heterocycles. The second kappa shape index (κ2) is 8.51. The summed E-state index contributed by atoms with van der Waals surface area (Å²) in [6, 6.07) is 17.7. The summed E-state index contributed by atoms with van der Waals surface area (Å²) in [5.74, 6) is 1.46. The third-order valence-corrected chi connectivity index (χ3v) is 4.40. The first kappa shape index (κ1) is 18.0. The molecule has 1 aliphatic rings. The molecule has 0 bridgehead atoms. The number of benzene rings is 2. The van der Waals surface area contributed by atoms with Crippen molar-refractivity contribution in [2.24, 2.45) is 0 Å². The van der Waals surface area contributed by atoms with E-state index in [2.05, 4.69) is 26.2 Å². The second-order valence-corrected chi connectivity index (χ2v) is 6.62. The summed E-state index contributed by atoms with van der Waals surface area (Å²) in [7, 11) is 0. The van der Waals surface area contributed by atoms with Crippen molar-refractivity contribution in [1.29, 1.82) is 0 Å². The van der Waals surface area contributed by atoms with Gasteiger partial charge in [-0.25, -0.2) is 4.68 Å². The molecule has 28 heavy (non-hydrogen) atoms. The number of nitrogens with zero attached hydrogens (tertiary/aromatic N) is 4. The molecule has 3 aromatic rings. The Bertz CT molecular complexity index is 923. The fraction of sp³-hybridized carbons (Fsp3) is 0.300. The van der Waals surface area contributed by atoms with Crippen molar-refractivity contribution in [3.63, 3.8) is 0 Å². The van der Waals surface area contributed by atoms with Gasteiger partial charge < -0.3 is 15.4 Å². The van der Waals surface area contributed by atoms with Gasteiger partial charge in [0.15, 0.2) is 5.82 Å². The normalized spacial score (nSPS) is 13.1. The number of ether oxygens (including phenoxy) is 1. The van der Waals surface area contributed by atoms with Crippen LogP contribution in [0, 0.1) is 0 Å². The average molecular weight is 378 g/mol. The number of carbonyl (C=O) groups is 1. The Morgan fingerprint density at radius 1 is 1.14 bits per heavy atom. The van der Waals surface area contributed by atoms with Crippen LogP contribution in [-0.4, -0.2) is 45.8 Å². The van der Waals surface area contributed by atoms with Crippen LogP contribution in [0.25, 0.3) is 11.4 Å². The third-order valence-electron chi connectivity index (χ3n) is 4.40. The molecule has 1 saturated carbocycles. The molecule has 0 atom stereocenters. The van der Waals surface area contributed by atoms with Crippen molar-refractivity contribution in [2.75, 3.05) is 25.0 Å². The number of para-hydroxylation sites is 1. The molecular formula is C20H22N6O2. The Labute approximate surface area is 162 Å². The highest BCUT2D eigenvalue weighted by atomic mass is 16.5. The summed E-state index contributed by atoms with van der Waals surface area (Å²) in [5.41, 5.74) is 1.78. The zero-order valence-corrected chi connectivity index (χ0v) is 15.4. The lowest BCUT2D eigenvalue weighted by atomic mass is 10.2. The molecule has 0 spiro atoms. The van der Waals surface area contributed by atoms with Gasteiger partial charge in [0.1, 0.15) is 12.4 Å². The average Bonchev–Trinajstić information content (AvgIpc) is 3.47. The van der Waals surface area contributed by atoms with Crippen LogP contribution in [0.15, 0.2) is 54.6 Å². The van der Waals surface area contributed by atoms with Crippen molar-refractivity contribution >= 4 is 11.6 Å². The van der Waals surface area contributed by atoms with Crippen LogP contribution >= 0.6 is 0 Å². The number of aromatic nitrogens is 4. The Morgan fingerprint density at radius 2 is 2.00 bits per heavy atom. The van der Waals surface area contributed by atoms with Gasteiger partial charge in [-0.2, -0.15) is 0 Å². The number of tetrazole rings is 1. The van der Waals surface area contributed by atoms with Gasteiger partial charge in [0, 0.05) is 11.3 Å². The molecule has 2 aromatic carbocycles. The SMILES string of the molecule is O=C(CNc1cccc(-c2nnnn2C2CC2)c1)NCCOc1ccccc1. The Hall–Kier alpha value is -3.42. The quantitative estimate of drug-likeness (QED) is 0.555. The highest BCUT2D eigenvalue weighted by Gasteiger charge is 2.28. The maximum Gasteiger partial charge on any atom is 0.239 e. The molecule has 1 aliphatic carbocycles. The molecule has 1 heterocycles. The number of nitrogens with one attached hydrogen (secondary N) is 2. The Kier molecular flexibility index (Phi) is 5.46. The van der Waals surface area contributed by atoms with E-state index in [0.717, 1.165) is 35.7 Å². The number of carbonyl (C=O) groups excluding carboxylic acids is 1. The van der Waals surface area contributed by atoms with Crippen molar-refractivity contribution in [2.45, 2.75) is 18.9 Å². The van der Waals surface area contributed by atoms with Crippen LogP contribution in [0.5, 0.6) is 5.75 Å². The van der Waals surface area contributed by atoms with Crippen LogP contribution in [-0.2, 0) is 4.79 Å². The third kappa shape index (κ3) is 4.64. The van der Waals surface area contributed by atoms with E-state index in [-0.39, 0.29) is 12.5 Å². The molecule has 2 N–H and O–H groups in total. The van der Waals surface area contributed by atoms with Gasteiger partial charge in [-0.15, -0.1) is 5.10 Å². The summed E-state index contributed by atoms with van der Waals surface area (Å²) in [6.07, 6.45) is 2.23. The van der Waals surface area contributed by atoms with Crippen molar-refractivity contribution < 1.29 is 9.53 Å². The fourth-order valence-electron chi connectivity index (χ4n) is 2.84. The van der Waals surface area contributed by atoms with E-state index in [9.17, 15) is 4.79 Å². The monoisotopic (exact) mass is 378 g/mol. The van der Waals surface area contributed by atoms with Crippen molar-refractivity contribution in [1.82, 2.24) is 25.5 Å². The van der Waals surface area contributed by atoms with Crippen LogP contribution in [0.3, 0.4) is 0 Å². The van der Waals surface area contributed by atoms with Crippen LogP contribution in [0.1, 0.15) is 18.9 Å². The van der Waals surface area contributed by atoms with Gasteiger partial charge in [0.2, 0.25) is 5.91 Å². The number of hydrogen-bond acceptors (Lipinski definition) is 6. The molecule has 8 heteroatoms. The second-order valence-electron chi connectivity index (χ2n) is 6.62. The van der Waals surface area contributed by atoms with E-state index >= 15 is 0 Å². The van der Waals surface area contributed by atoms with Crippen molar-refractivity contribution in [3.05, 3.63) is 54.6 Å². The molecule has 0 radical (unpaired) electrons. The molecule has 0 saturated heterocycles. The summed E-state index contributed by atoms with van der Waals surface area (Å²) >= 11 is 0. The molecule has 1 amide bonds. The lowest BCUT2D eigenvalue weighted by Gasteiger charge is -2.10. The molecule has 144 valence electrons. The summed E-state index contributed by atoms with van der Waals surface area (Å²) < 4.78 is 7.43. The van der Waals surface area contributed by atoms with E-state index in [1.54, 1.807) is 0 Å². The van der Waals surface area contributed by atoms with Crippen molar-refractivity contribution in [3.8, 4) is 17.1 Å². The standard InChI is InChI=1S/C20H22N6O2/c27-19(21-11-12-28-18-7-2-1-3-8-18)14-22-16-6-4-5-15(13-16)20-23-24-25-26(20)17-9-10-17/h1-8,13,17,22H,9-12,14H2,(H,21,27). The minimum Gasteiger partial charge on any atom is -0.492 e. The number of anilines is 1. The maximum atomic E-state index is 12.0. The number of rotatable bonds is 9. The topological polar surface area (TPSA) is 94.0 Å². The largest absolute Gasteiger partial charge is 0.492 e. The van der Waals surface area contributed by atoms with Crippen LogP contribution < -0.4 is 15.4 Å². The molecule has 4 rings (SSSR count). The van der Waals surface area contributed by atoms with E-state index in [1.165, 1.54) is 0 Å². The minimum atomic E-state index is -0.0927. The van der Waals surface area contributed by atoms with E-state index in [0.29, 0.717) is 19.2 Å². The fourth-order valence-corrected chi connectivity index (χ4v) is 2.84. The Balaban J connectivity index is 1.24. The van der Waals surface area contributed by atoms with E-state index < -0.39 is 0 Å². The summed E-state index contributed by atoms with van der Waals surface area (Å²) in [4.78, 5) is 12.0. The number of hydrogen-bond donors (Lipinski definition) is 2. The smallest absolute Gasteiger partial charge is 0.239 e. The molecule has 1 fully saturated rings. The zero-order valence-electron chi connectivity index (χ0n) is 15.4. The predicted octanol–water partition coefficient (Wildman–Crippen LogP) is 2.28. The first-order valence-corrected chi connectivity index (χ1v) is 9.36. The molecule has 0 unspecified atom stereocenters. The Morgan fingerprint density at radius 3 is 2.82 bits per heavy atom. The maximum absolute atomic E-state index is 12.0. The van der Waals surface area contributed by atoms with Crippen LogP contribution in [0.2, 0.25) is 0 Å². The summed E-state index contributed by atoms with van der Waals surface area (Å²) in [5, 5.41) is 18.0. The van der Waals surface area contributed by atoms with E-state index in [1.807, 2.05) is 59.3 Å². The first-order valence-electron chi connectivity index (χ1n) is 9.36. The van der Waals surface area contributed by atoms with Gasteiger partial charge in [0.25, 0.3) is 0 Å². The predicted molar refractivity (Wildman–Crippen MR) is 105 cm³/mol. The van der Waals surface area contributed by atoms with Gasteiger partial charge >= 0.3 is 0 Å². The summed E-state index contributed by atoms with van der Waals surface area (Å²) in [6.45, 7) is 1.06. The lowest BCUT2D eigenvalue weighted by Crippen LogP contribution is -2.33. The molecule has 1 aromatic heterocycles. The number of amides is 1. The minimum absolute atomic E-state index is 0.0927. The van der Waals surface area contributed by atoms with E-state index in [4.69, 9.17) is 4.74 Å². The lowest BCUT2D eigenvalue weighted by molar-refractivity contribution is -0.119. The molecular weight excluding hydrogens is 356 g/mol. The van der Waals surface area contributed by atoms with Gasteiger partial charge in [-0.1, -0.05) is 30.3 Å². The highest BCUT2D eigenvalue weighted by molar-refractivity contribution is 5.81. The first-order chi connectivity index (χ1) is 13.8. The zero-order chi connectivity index (χ0) is 19.2. The van der Waals surface area contributed by atoms with Gasteiger partial charge in [-0.3, -0.25) is 4.79 Å². The molecule has 8 nitrogen and oxygen atoms in total. The van der Waals surface area contributed by atoms with Gasteiger partial charge in [0.05, 0.1) is 19.1 Å². The van der Waals surface area contributed by atoms with Crippen LogP contribution in [0.4, 0.5) is 5.69 Å².